The van der Waals surface area contributed by atoms with Gasteiger partial charge in [0.05, 0.1) is 5.69 Å². The number of aromatic nitrogens is 3. The second-order valence-corrected chi connectivity index (χ2v) is 4.95. The van der Waals surface area contributed by atoms with Crippen molar-refractivity contribution in [3.05, 3.63) is 34.4 Å². The molecule has 20 heavy (non-hydrogen) atoms. The number of hydrogen-bond donors (Lipinski definition) is 2. The predicted molar refractivity (Wildman–Crippen MR) is 77.7 cm³/mol. The maximum atomic E-state index is 11.9. The second-order valence-electron chi connectivity index (χ2n) is 4.95. The minimum Gasteiger partial charge on any atom is -0.396 e. The highest BCUT2D eigenvalue weighted by molar-refractivity contribution is 5.36. The molecule has 0 atom stereocenters. The van der Waals surface area contributed by atoms with Crippen LogP contribution in [0.5, 0.6) is 0 Å². The van der Waals surface area contributed by atoms with Crippen molar-refractivity contribution >= 4 is 5.65 Å². The summed E-state index contributed by atoms with van der Waals surface area (Å²) >= 11 is 0. The van der Waals surface area contributed by atoms with Crippen LogP contribution in [-0.4, -0.2) is 44.3 Å². The van der Waals surface area contributed by atoms with Gasteiger partial charge < -0.3 is 5.11 Å². The quantitative estimate of drug-likeness (QED) is 0.755. The Morgan fingerprint density at radius 1 is 1.40 bits per heavy atom. The zero-order valence-corrected chi connectivity index (χ0v) is 11.9. The van der Waals surface area contributed by atoms with Crippen molar-refractivity contribution in [2.45, 2.75) is 32.7 Å². The van der Waals surface area contributed by atoms with Crippen molar-refractivity contribution in [3.8, 4) is 0 Å². The fourth-order valence-electron chi connectivity index (χ4n) is 2.23. The Morgan fingerprint density at radius 3 is 2.95 bits per heavy atom. The standard InChI is InChI=1S/C14H22N4O2/c1-2-3-7-17(8-4-9-19)11-12-10-14(20)18-13(16-12)5-6-15-18/h5-6,10,15,19H,2-4,7-9,11H2,1H3. The highest BCUT2D eigenvalue weighted by atomic mass is 16.3. The van der Waals surface area contributed by atoms with Crippen LogP contribution >= 0.6 is 0 Å². The van der Waals surface area contributed by atoms with E-state index in [9.17, 15) is 4.79 Å². The van der Waals surface area contributed by atoms with Crippen molar-refractivity contribution in [2.24, 2.45) is 0 Å². The van der Waals surface area contributed by atoms with E-state index in [1.54, 1.807) is 18.3 Å². The SMILES string of the molecule is CCCCN(CCCO)Cc1cc(=O)n2[nH]ccc2n1. The molecule has 2 aromatic heterocycles. The van der Waals surface area contributed by atoms with E-state index in [0.717, 1.165) is 38.0 Å². The number of fused-ring (bicyclic) bond motifs is 1. The van der Waals surface area contributed by atoms with Gasteiger partial charge >= 0.3 is 0 Å². The summed E-state index contributed by atoms with van der Waals surface area (Å²) in [7, 11) is 0. The highest BCUT2D eigenvalue weighted by Gasteiger charge is 2.09. The molecule has 6 heteroatoms. The van der Waals surface area contributed by atoms with E-state index in [0.29, 0.717) is 12.2 Å². The largest absolute Gasteiger partial charge is 0.396 e. The summed E-state index contributed by atoms with van der Waals surface area (Å²) < 4.78 is 1.42. The summed E-state index contributed by atoms with van der Waals surface area (Å²) in [5, 5.41) is 11.8. The molecule has 2 rings (SSSR count). The maximum Gasteiger partial charge on any atom is 0.272 e. The molecular weight excluding hydrogens is 256 g/mol. The minimum absolute atomic E-state index is 0.0902. The molecule has 0 saturated carbocycles. The Kier molecular flexibility index (Phi) is 5.31. The third kappa shape index (κ3) is 3.68. The zero-order valence-electron chi connectivity index (χ0n) is 11.9. The smallest absolute Gasteiger partial charge is 0.272 e. The molecule has 2 N–H and O–H groups in total. The van der Waals surface area contributed by atoms with Crippen LogP contribution in [-0.2, 0) is 6.54 Å². The molecule has 2 aromatic rings. The highest BCUT2D eigenvalue weighted by Crippen LogP contribution is 2.05. The molecule has 0 aliphatic heterocycles. The van der Waals surface area contributed by atoms with Crippen LogP contribution in [0.15, 0.2) is 23.1 Å². The summed E-state index contributed by atoms with van der Waals surface area (Å²) in [6.45, 7) is 4.78. The summed E-state index contributed by atoms with van der Waals surface area (Å²) in [6.07, 6.45) is 4.68. The molecule has 0 saturated heterocycles. The molecule has 6 nitrogen and oxygen atoms in total. The lowest BCUT2D eigenvalue weighted by molar-refractivity contribution is 0.214. The van der Waals surface area contributed by atoms with Gasteiger partial charge in [0, 0.05) is 38.0 Å². The van der Waals surface area contributed by atoms with Crippen molar-refractivity contribution in [2.75, 3.05) is 19.7 Å². The summed E-state index contributed by atoms with van der Waals surface area (Å²) in [5.41, 5.74) is 1.33. The molecule has 0 aliphatic carbocycles. The maximum absolute atomic E-state index is 11.9. The average Bonchev–Trinajstić information content (AvgIpc) is 2.90. The van der Waals surface area contributed by atoms with Gasteiger partial charge in [0.25, 0.3) is 5.56 Å². The number of nitrogens with one attached hydrogen (secondary N) is 1. The molecule has 0 fully saturated rings. The Hall–Kier alpha value is -1.66. The third-order valence-corrected chi connectivity index (χ3v) is 3.28. The van der Waals surface area contributed by atoms with Gasteiger partial charge in [0.15, 0.2) is 5.65 Å². The van der Waals surface area contributed by atoms with Crippen molar-refractivity contribution in [3.63, 3.8) is 0 Å². The van der Waals surface area contributed by atoms with E-state index in [2.05, 4.69) is 21.9 Å². The molecule has 2 heterocycles. The van der Waals surface area contributed by atoms with E-state index in [1.807, 2.05) is 0 Å². The van der Waals surface area contributed by atoms with Gasteiger partial charge in [-0.2, -0.15) is 0 Å². The number of aromatic amines is 1. The normalized spacial score (nSPS) is 11.6. The molecule has 0 bridgehead atoms. The summed E-state index contributed by atoms with van der Waals surface area (Å²) in [4.78, 5) is 18.6. The van der Waals surface area contributed by atoms with Crippen LogP contribution in [0.3, 0.4) is 0 Å². The monoisotopic (exact) mass is 278 g/mol. The van der Waals surface area contributed by atoms with Gasteiger partial charge in [0.2, 0.25) is 0 Å². The lowest BCUT2D eigenvalue weighted by Crippen LogP contribution is -2.28. The number of rotatable bonds is 8. The molecule has 0 radical (unpaired) electrons. The number of unbranched alkanes of at least 4 members (excludes halogenated alkanes) is 1. The third-order valence-electron chi connectivity index (χ3n) is 3.28. The molecule has 110 valence electrons. The molecule has 0 spiro atoms. The number of aliphatic hydroxyl groups is 1. The summed E-state index contributed by atoms with van der Waals surface area (Å²) in [6, 6.07) is 3.36. The zero-order chi connectivity index (χ0) is 14.4. The fourth-order valence-corrected chi connectivity index (χ4v) is 2.23. The number of hydrogen-bond acceptors (Lipinski definition) is 4. The van der Waals surface area contributed by atoms with Crippen LogP contribution in [0.2, 0.25) is 0 Å². The molecular formula is C14H22N4O2. The molecule has 0 amide bonds. The number of H-pyrrole nitrogens is 1. The van der Waals surface area contributed by atoms with E-state index >= 15 is 0 Å². The predicted octanol–water partition coefficient (Wildman–Crippen LogP) is 1.01. The lowest BCUT2D eigenvalue weighted by Gasteiger charge is -2.21. The second kappa shape index (κ2) is 7.21. The van der Waals surface area contributed by atoms with Crippen molar-refractivity contribution < 1.29 is 5.11 Å². The lowest BCUT2D eigenvalue weighted by atomic mass is 10.2. The van der Waals surface area contributed by atoms with Gasteiger partial charge in [-0.25, -0.2) is 9.50 Å². The first-order valence-electron chi connectivity index (χ1n) is 7.14. The van der Waals surface area contributed by atoms with E-state index in [-0.39, 0.29) is 12.2 Å². The summed E-state index contributed by atoms with van der Waals surface area (Å²) in [5.74, 6) is 0. The van der Waals surface area contributed by atoms with Crippen molar-refractivity contribution in [1.82, 2.24) is 19.5 Å². The van der Waals surface area contributed by atoms with Gasteiger partial charge in [0.1, 0.15) is 0 Å². The first-order valence-corrected chi connectivity index (χ1v) is 7.14. The van der Waals surface area contributed by atoms with Crippen LogP contribution in [0.1, 0.15) is 31.9 Å². The number of aliphatic hydroxyl groups excluding tert-OH is 1. The minimum atomic E-state index is -0.0902. The van der Waals surface area contributed by atoms with Gasteiger partial charge in [-0.3, -0.25) is 14.8 Å². The Bertz CT molecular complexity index is 582. The Balaban J connectivity index is 2.12. The Morgan fingerprint density at radius 2 is 2.20 bits per heavy atom. The van der Waals surface area contributed by atoms with Crippen LogP contribution < -0.4 is 5.56 Å². The van der Waals surface area contributed by atoms with Gasteiger partial charge in [-0.1, -0.05) is 13.3 Å². The molecule has 0 unspecified atom stereocenters. The first-order chi connectivity index (χ1) is 9.74. The van der Waals surface area contributed by atoms with Gasteiger partial charge in [-0.15, -0.1) is 0 Å². The Labute approximate surface area is 118 Å². The average molecular weight is 278 g/mol. The van der Waals surface area contributed by atoms with E-state index in [4.69, 9.17) is 5.11 Å². The van der Waals surface area contributed by atoms with Crippen LogP contribution in [0, 0.1) is 0 Å². The number of nitrogens with zero attached hydrogens (tertiary/aromatic N) is 3. The first kappa shape index (κ1) is 14.7. The molecule has 0 aromatic carbocycles. The van der Waals surface area contributed by atoms with E-state index in [1.165, 1.54) is 4.52 Å². The topological polar surface area (TPSA) is 73.6 Å². The van der Waals surface area contributed by atoms with Crippen molar-refractivity contribution in [1.29, 1.82) is 0 Å². The van der Waals surface area contributed by atoms with E-state index < -0.39 is 0 Å². The van der Waals surface area contributed by atoms with Crippen LogP contribution in [0.4, 0.5) is 0 Å². The van der Waals surface area contributed by atoms with Crippen LogP contribution in [0.25, 0.3) is 5.65 Å². The fraction of sp³-hybridized carbons (Fsp3) is 0.571. The van der Waals surface area contributed by atoms with Gasteiger partial charge in [-0.05, 0) is 19.4 Å². The molecule has 0 aliphatic rings.